The average molecular weight is 359 g/mol. The van der Waals surface area contributed by atoms with Gasteiger partial charge >= 0.3 is 0 Å². The van der Waals surface area contributed by atoms with E-state index >= 15 is 0 Å². The van der Waals surface area contributed by atoms with Crippen molar-refractivity contribution in [3.05, 3.63) is 57.5 Å². The minimum atomic E-state index is -0.197. The van der Waals surface area contributed by atoms with Crippen LogP contribution in [0, 0.1) is 11.7 Å². The van der Waals surface area contributed by atoms with Crippen molar-refractivity contribution in [3.63, 3.8) is 0 Å². The van der Waals surface area contributed by atoms with Gasteiger partial charge in [0, 0.05) is 29.3 Å². The van der Waals surface area contributed by atoms with Crippen molar-refractivity contribution in [1.82, 2.24) is 5.32 Å². The summed E-state index contributed by atoms with van der Waals surface area (Å²) in [7, 11) is 0. The number of quaternary nitrogens is 1. The van der Waals surface area contributed by atoms with E-state index in [1.54, 1.807) is 12.1 Å². The molecule has 0 bridgehead atoms. The number of hydrogen-bond acceptors (Lipinski definition) is 2. The molecule has 2 aliphatic rings. The highest BCUT2D eigenvalue weighted by Gasteiger charge is 2.43. The van der Waals surface area contributed by atoms with Crippen LogP contribution in [-0.2, 0) is 17.6 Å². The quantitative estimate of drug-likeness (QED) is 0.814. The third-order valence-electron chi connectivity index (χ3n) is 5.38. The zero-order chi connectivity index (χ0) is 17.2. The smallest absolute Gasteiger partial charge is 0.275 e. The topological polar surface area (TPSA) is 33.5 Å². The van der Waals surface area contributed by atoms with Gasteiger partial charge in [0.15, 0.2) is 6.54 Å². The Bertz CT molecular complexity index is 756. The molecule has 1 fully saturated rings. The molecule has 2 N–H and O–H groups in total. The third kappa shape index (κ3) is 3.77. The second kappa shape index (κ2) is 7.26. The summed E-state index contributed by atoms with van der Waals surface area (Å²) in [5.41, 5.74) is 2.14. The number of thiophene rings is 1. The zero-order valence-electron chi connectivity index (χ0n) is 14.3. The molecular formula is C20H24FN2OS+. The van der Waals surface area contributed by atoms with Gasteiger partial charge in [0.2, 0.25) is 0 Å². The Kier molecular flexibility index (Phi) is 4.86. The molecule has 1 saturated carbocycles. The Morgan fingerprint density at radius 3 is 2.92 bits per heavy atom. The predicted molar refractivity (Wildman–Crippen MR) is 97.3 cm³/mol. The van der Waals surface area contributed by atoms with Gasteiger partial charge in [-0.25, -0.2) is 4.39 Å². The first-order valence-electron chi connectivity index (χ1n) is 9.13. The number of amides is 1. The third-order valence-corrected chi connectivity index (χ3v) is 6.38. The maximum Gasteiger partial charge on any atom is 0.275 e. The molecule has 0 spiro atoms. The minimum Gasteiger partial charge on any atom is -0.351 e. The largest absolute Gasteiger partial charge is 0.351 e. The summed E-state index contributed by atoms with van der Waals surface area (Å²) in [6, 6.07) is 9.52. The fraction of sp³-hybridized carbons (Fsp3) is 0.450. The van der Waals surface area contributed by atoms with Crippen molar-refractivity contribution in [1.29, 1.82) is 0 Å². The van der Waals surface area contributed by atoms with Crippen LogP contribution in [-0.4, -0.2) is 25.5 Å². The van der Waals surface area contributed by atoms with E-state index in [4.69, 9.17) is 0 Å². The van der Waals surface area contributed by atoms with Gasteiger partial charge in [-0.05, 0) is 42.3 Å². The monoisotopic (exact) mass is 359 g/mol. The molecule has 4 rings (SSSR count). The highest BCUT2D eigenvalue weighted by Crippen LogP contribution is 2.42. The van der Waals surface area contributed by atoms with E-state index in [0.29, 0.717) is 31.1 Å². The number of fused-ring (bicyclic) bond motifs is 1. The van der Waals surface area contributed by atoms with Crippen molar-refractivity contribution in [2.75, 3.05) is 19.6 Å². The molecule has 132 valence electrons. The molecular weight excluding hydrogens is 335 g/mol. The van der Waals surface area contributed by atoms with Gasteiger partial charge in [0.1, 0.15) is 11.9 Å². The van der Waals surface area contributed by atoms with E-state index in [2.05, 4.69) is 16.8 Å². The van der Waals surface area contributed by atoms with E-state index in [0.717, 1.165) is 18.9 Å². The Labute approximate surface area is 151 Å². The van der Waals surface area contributed by atoms with Gasteiger partial charge < -0.3 is 10.2 Å². The highest BCUT2D eigenvalue weighted by atomic mass is 32.1. The van der Waals surface area contributed by atoms with Crippen LogP contribution in [0.5, 0.6) is 0 Å². The van der Waals surface area contributed by atoms with Crippen LogP contribution in [0.15, 0.2) is 35.7 Å². The van der Waals surface area contributed by atoms with Crippen LogP contribution in [0.25, 0.3) is 0 Å². The number of carbonyl (C=O) groups is 1. The number of nitrogens with one attached hydrogen (secondary N) is 2. The summed E-state index contributed by atoms with van der Waals surface area (Å²) in [6.45, 7) is 2.05. The molecule has 1 amide bonds. The van der Waals surface area contributed by atoms with Gasteiger partial charge in [-0.1, -0.05) is 18.2 Å². The standard InChI is InChI=1S/C20H23FN2OS/c21-17-4-2-1-3-14(17)7-10-22-19(24)13-23-11-8-18-16(9-12-25-18)20(23)15-5-6-15/h1-4,9,12,15,20H,5-8,10-11,13H2,(H,22,24)/p+1/t20-/m1/s1. The van der Waals surface area contributed by atoms with Crippen LogP contribution in [0.1, 0.15) is 34.9 Å². The Morgan fingerprint density at radius 1 is 1.28 bits per heavy atom. The first-order valence-corrected chi connectivity index (χ1v) is 10.0. The zero-order valence-corrected chi connectivity index (χ0v) is 15.1. The lowest BCUT2D eigenvalue weighted by Gasteiger charge is -2.32. The molecule has 1 aliphatic heterocycles. The second-order valence-electron chi connectivity index (χ2n) is 7.14. The van der Waals surface area contributed by atoms with Crippen LogP contribution >= 0.6 is 11.3 Å². The molecule has 5 heteroatoms. The lowest BCUT2D eigenvalue weighted by atomic mass is 9.96. The molecule has 1 aromatic carbocycles. The van der Waals surface area contributed by atoms with Crippen LogP contribution in [0.3, 0.4) is 0 Å². The molecule has 1 aromatic heterocycles. The minimum absolute atomic E-state index is 0.0793. The van der Waals surface area contributed by atoms with E-state index < -0.39 is 0 Å². The number of carbonyl (C=O) groups excluding carboxylic acids is 1. The van der Waals surface area contributed by atoms with Gasteiger partial charge in [-0.2, -0.15) is 0 Å². The molecule has 1 aliphatic carbocycles. The Hall–Kier alpha value is -1.72. The summed E-state index contributed by atoms with van der Waals surface area (Å²) in [4.78, 5) is 15.3. The predicted octanol–water partition coefficient (Wildman–Crippen LogP) is 2.14. The fourth-order valence-corrected chi connectivity index (χ4v) is 4.93. The van der Waals surface area contributed by atoms with Gasteiger partial charge in [0.25, 0.3) is 5.91 Å². The summed E-state index contributed by atoms with van der Waals surface area (Å²) < 4.78 is 13.6. The summed E-state index contributed by atoms with van der Waals surface area (Å²) in [5.74, 6) is 0.628. The van der Waals surface area contributed by atoms with E-state index in [9.17, 15) is 9.18 Å². The summed E-state index contributed by atoms with van der Waals surface area (Å²) in [6.07, 6.45) is 4.19. The number of rotatable bonds is 6. The maximum atomic E-state index is 13.6. The van der Waals surface area contributed by atoms with E-state index in [1.165, 1.54) is 34.2 Å². The Balaban J connectivity index is 1.32. The first-order chi connectivity index (χ1) is 12.2. The van der Waals surface area contributed by atoms with Crippen molar-refractivity contribution in [2.24, 2.45) is 5.92 Å². The van der Waals surface area contributed by atoms with Crippen LogP contribution < -0.4 is 10.2 Å². The molecule has 25 heavy (non-hydrogen) atoms. The van der Waals surface area contributed by atoms with Crippen molar-refractivity contribution in [3.8, 4) is 0 Å². The van der Waals surface area contributed by atoms with E-state index in [-0.39, 0.29) is 11.7 Å². The highest BCUT2D eigenvalue weighted by molar-refractivity contribution is 7.10. The lowest BCUT2D eigenvalue weighted by molar-refractivity contribution is -0.928. The molecule has 1 unspecified atom stereocenters. The number of hydrogen-bond donors (Lipinski definition) is 2. The normalized spacial score (nSPS) is 22.4. The van der Waals surface area contributed by atoms with Crippen molar-refractivity contribution in [2.45, 2.75) is 31.7 Å². The summed E-state index contributed by atoms with van der Waals surface area (Å²) in [5, 5.41) is 5.17. The van der Waals surface area contributed by atoms with Crippen molar-refractivity contribution < 1.29 is 14.1 Å². The number of halogens is 1. The van der Waals surface area contributed by atoms with Crippen LogP contribution in [0.4, 0.5) is 4.39 Å². The molecule has 3 nitrogen and oxygen atoms in total. The maximum absolute atomic E-state index is 13.6. The SMILES string of the molecule is O=C(C[NH+]1CCc2sccc2[C@H]1C1CC1)NCCc1ccccc1F. The molecule has 0 saturated heterocycles. The average Bonchev–Trinajstić information content (AvgIpc) is 3.32. The number of benzene rings is 1. The second-order valence-corrected chi connectivity index (χ2v) is 8.14. The van der Waals surface area contributed by atoms with Crippen LogP contribution in [0.2, 0.25) is 0 Å². The Morgan fingerprint density at radius 2 is 2.12 bits per heavy atom. The molecule has 2 heterocycles. The van der Waals surface area contributed by atoms with Gasteiger partial charge in [-0.3, -0.25) is 4.79 Å². The first kappa shape index (κ1) is 16.7. The van der Waals surface area contributed by atoms with Crippen molar-refractivity contribution >= 4 is 17.2 Å². The molecule has 2 atom stereocenters. The van der Waals surface area contributed by atoms with E-state index in [1.807, 2.05) is 17.4 Å². The lowest BCUT2D eigenvalue weighted by Crippen LogP contribution is -3.14. The molecule has 0 radical (unpaired) electrons. The molecule has 2 aromatic rings. The van der Waals surface area contributed by atoms with Gasteiger partial charge in [0.05, 0.1) is 6.54 Å². The fourth-order valence-electron chi connectivity index (χ4n) is 4.00. The van der Waals surface area contributed by atoms with Gasteiger partial charge in [-0.15, -0.1) is 11.3 Å². The summed E-state index contributed by atoms with van der Waals surface area (Å²) >= 11 is 1.86.